The first-order valence-electron chi connectivity index (χ1n) is 9.34. The Morgan fingerprint density at radius 1 is 1.29 bits per heavy atom. The van der Waals surface area contributed by atoms with Crippen molar-refractivity contribution in [2.45, 2.75) is 26.3 Å². The van der Waals surface area contributed by atoms with Crippen LogP contribution in [-0.2, 0) is 6.54 Å². The van der Waals surface area contributed by atoms with Gasteiger partial charge < -0.3 is 4.98 Å². The van der Waals surface area contributed by atoms with Gasteiger partial charge in [-0.1, -0.05) is 13.0 Å². The van der Waals surface area contributed by atoms with Crippen LogP contribution in [0.25, 0.3) is 10.6 Å². The van der Waals surface area contributed by atoms with Crippen molar-refractivity contribution in [1.29, 1.82) is 0 Å². The van der Waals surface area contributed by atoms with Crippen LogP contribution in [0.15, 0.2) is 39.8 Å². The SMILES string of the molecule is CC1CCN(Cc2csc(NC(=O)c3ccc(-c4cccs4)[nH]c3=O)n2)CC1. The molecule has 1 aliphatic rings. The van der Waals surface area contributed by atoms with E-state index in [1.54, 1.807) is 12.1 Å². The zero-order valence-corrected chi connectivity index (χ0v) is 17.2. The molecule has 0 aliphatic carbocycles. The number of nitrogens with zero attached hydrogens (tertiary/aromatic N) is 2. The first kappa shape index (κ1) is 19.0. The summed E-state index contributed by atoms with van der Waals surface area (Å²) in [4.78, 5) is 35.5. The summed E-state index contributed by atoms with van der Waals surface area (Å²) in [5, 5.41) is 7.18. The maximum atomic E-state index is 12.5. The van der Waals surface area contributed by atoms with Crippen molar-refractivity contribution in [2.24, 2.45) is 5.92 Å². The van der Waals surface area contributed by atoms with Gasteiger partial charge in [0, 0.05) is 11.9 Å². The fourth-order valence-electron chi connectivity index (χ4n) is 3.28. The molecule has 0 atom stereocenters. The molecule has 1 fully saturated rings. The number of pyridine rings is 1. The lowest BCUT2D eigenvalue weighted by molar-refractivity contribution is 0.102. The van der Waals surface area contributed by atoms with Gasteiger partial charge >= 0.3 is 0 Å². The van der Waals surface area contributed by atoms with Gasteiger partial charge in [0.2, 0.25) is 0 Å². The predicted octanol–water partition coefficient (Wildman–Crippen LogP) is 4.04. The highest BCUT2D eigenvalue weighted by atomic mass is 32.1. The number of aromatic amines is 1. The minimum absolute atomic E-state index is 0.0853. The number of nitrogens with one attached hydrogen (secondary N) is 2. The molecule has 0 aromatic carbocycles. The molecular weight excluding hydrogens is 392 g/mol. The molecule has 3 aromatic heterocycles. The Hall–Kier alpha value is -2.29. The lowest BCUT2D eigenvalue weighted by atomic mass is 9.99. The van der Waals surface area contributed by atoms with Crippen LogP contribution in [-0.4, -0.2) is 33.9 Å². The van der Waals surface area contributed by atoms with E-state index in [4.69, 9.17) is 0 Å². The number of thiazole rings is 1. The molecule has 8 heteroatoms. The first-order chi connectivity index (χ1) is 13.6. The maximum absolute atomic E-state index is 12.5. The van der Waals surface area contributed by atoms with Crippen molar-refractivity contribution in [2.75, 3.05) is 18.4 Å². The molecule has 2 N–H and O–H groups in total. The Morgan fingerprint density at radius 3 is 2.82 bits per heavy atom. The van der Waals surface area contributed by atoms with E-state index in [0.29, 0.717) is 10.8 Å². The molecule has 146 valence electrons. The Balaban J connectivity index is 1.40. The van der Waals surface area contributed by atoms with Gasteiger partial charge in [-0.25, -0.2) is 4.98 Å². The minimum Gasteiger partial charge on any atom is -0.321 e. The van der Waals surface area contributed by atoms with Crippen molar-refractivity contribution in [1.82, 2.24) is 14.9 Å². The normalized spacial score (nSPS) is 15.6. The van der Waals surface area contributed by atoms with Crippen LogP contribution in [0.1, 0.15) is 35.8 Å². The monoisotopic (exact) mass is 414 g/mol. The van der Waals surface area contributed by atoms with Gasteiger partial charge in [0.25, 0.3) is 11.5 Å². The summed E-state index contributed by atoms with van der Waals surface area (Å²) in [6.45, 7) is 5.27. The average molecular weight is 415 g/mol. The largest absolute Gasteiger partial charge is 0.321 e. The minimum atomic E-state index is -0.438. The average Bonchev–Trinajstić information content (AvgIpc) is 3.36. The molecule has 28 heavy (non-hydrogen) atoms. The van der Waals surface area contributed by atoms with E-state index >= 15 is 0 Å². The maximum Gasteiger partial charge on any atom is 0.263 e. The van der Waals surface area contributed by atoms with E-state index in [1.807, 2.05) is 22.9 Å². The van der Waals surface area contributed by atoms with Gasteiger partial charge in [-0.2, -0.15) is 0 Å². The molecule has 4 heterocycles. The number of amides is 1. The molecule has 0 bridgehead atoms. The number of anilines is 1. The Kier molecular flexibility index (Phi) is 5.70. The van der Waals surface area contributed by atoms with E-state index in [2.05, 4.69) is 27.1 Å². The fourth-order valence-corrected chi connectivity index (χ4v) is 4.68. The zero-order chi connectivity index (χ0) is 19.5. The van der Waals surface area contributed by atoms with E-state index in [1.165, 1.54) is 35.5 Å². The molecule has 0 unspecified atom stereocenters. The number of rotatable bonds is 5. The summed E-state index contributed by atoms with van der Waals surface area (Å²) in [6, 6.07) is 7.17. The van der Waals surface area contributed by atoms with Crippen molar-refractivity contribution < 1.29 is 4.79 Å². The van der Waals surface area contributed by atoms with E-state index in [-0.39, 0.29) is 5.56 Å². The van der Waals surface area contributed by atoms with Gasteiger partial charge in [0.1, 0.15) is 5.56 Å². The Labute approximate surface area is 171 Å². The summed E-state index contributed by atoms with van der Waals surface area (Å²) >= 11 is 2.92. The molecule has 1 amide bonds. The summed E-state index contributed by atoms with van der Waals surface area (Å²) in [5.41, 5.74) is 1.35. The number of piperidine rings is 1. The summed E-state index contributed by atoms with van der Waals surface area (Å²) in [5.74, 6) is 0.359. The van der Waals surface area contributed by atoms with Crippen molar-refractivity contribution in [3.8, 4) is 10.6 Å². The van der Waals surface area contributed by atoms with Gasteiger partial charge in [-0.3, -0.25) is 19.8 Å². The van der Waals surface area contributed by atoms with Gasteiger partial charge in [-0.05, 0) is 55.4 Å². The topological polar surface area (TPSA) is 78.1 Å². The molecule has 0 radical (unpaired) electrons. The van der Waals surface area contributed by atoms with Crippen molar-refractivity contribution >= 4 is 33.7 Å². The highest BCUT2D eigenvalue weighted by Crippen LogP contribution is 2.23. The Morgan fingerprint density at radius 2 is 2.11 bits per heavy atom. The number of H-pyrrole nitrogens is 1. The molecular formula is C20H22N4O2S2. The fraction of sp³-hybridized carbons (Fsp3) is 0.350. The van der Waals surface area contributed by atoms with Crippen LogP contribution in [0, 0.1) is 5.92 Å². The second kappa shape index (κ2) is 8.38. The smallest absolute Gasteiger partial charge is 0.263 e. The van der Waals surface area contributed by atoms with E-state index in [9.17, 15) is 9.59 Å². The Bertz CT molecular complexity index is 1000. The van der Waals surface area contributed by atoms with Crippen LogP contribution in [0.3, 0.4) is 0 Å². The van der Waals surface area contributed by atoms with Crippen LogP contribution >= 0.6 is 22.7 Å². The standard InChI is InChI=1S/C20H22N4O2S2/c1-13-6-8-24(9-7-13)11-14-12-28-20(21-14)23-19(26)15-4-5-16(22-18(15)25)17-3-2-10-27-17/h2-5,10,12-13H,6-9,11H2,1H3,(H,22,25)(H,21,23,26). The summed E-state index contributed by atoms with van der Waals surface area (Å²) < 4.78 is 0. The number of aromatic nitrogens is 2. The lowest BCUT2D eigenvalue weighted by Crippen LogP contribution is -2.32. The predicted molar refractivity (Wildman–Crippen MR) is 114 cm³/mol. The molecule has 4 rings (SSSR count). The highest BCUT2D eigenvalue weighted by molar-refractivity contribution is 7.14. The second-order valence-corrected chi connectivity index (χ2v) is 8.95. The molecule has 6 nitrogen and oxygen atoms in total. The van der Waals surface area contributed by atoms with Gasteiger partial charge in [-0.15, -0.1) is 22.7 Å². The number of hydrogen-bond donors (Lipinski definition) is 2. The van der Waals surface area contributed by atoms with Crippen LogP contribution < -0.4 is 10.9 Å². The molecule has 1 aliphatic heterocycles. The van der Waals surface area contributed by atoms with Crippen LogP contribution in [0.2, 0.25) is 0 Å². The quantitative estimate of drug-likeness (QED) is 0.660. The lowest BCUT2D eigenvalue weighted by Gasteiger charge is -2.29. The first-order valence-corrected chi connectivity index (χ1v) is 11.1. The van der Waals surface area contributed by atoms with Gasteiger partial charge in [0.05, 0.1) is 16.3 Å². The molecule has 3 aromatic rings. The van der Waals surface area contributed by atoms with E-state index in [0.717, 1.165) is 36.1 Å². The molecule has 0 saturated carbocycles. The van der Waals surface area contributed by atoms with Crippen LogP contribution in [0.4, 0.5) is 5.13 Å². The third kappa shape index (κ3) is 4.40. The molecule has 0 spiro atoms. The number of hydrogen-bond acceptors (Lipinski definition) is 6. The van der Waals surface area contributed by atoms with Crippen molar-refractivity contribution in [3.63, 3.8) is 0 Å². The summed E-state index contributed by atoms with van der Waals surface area (Å²) in [6.07, 6.45) is 2.44. The number of thiophene rings is 1. The molecule has 1 saturated heterocycles. The number of carbonyl (C=O) groups excluding carboxylic acids is 1. The number of carbonyl (C=O) groups is 1. The third-order valence-electron chi connectivity index (χ3n) is 4.97. The number of likely N-dealkylation sites (tertiary alicyclic amines) is 1. The zero-order valence-electron chi connectivity index (χ0n) is 15.6. The highest BCUT2D eigenvalue weighted by Gasteiger charge is 2.18. The summed E-state index contributed by atoms with van der Waals surface area (Å²) in [7, 11) is 0. The van der Waals surface area contributed by atoms with Crippen molar-refractivity contribution in [3.05, 3.63) is 56.6 Å². The second-order valence-electron chi connectivity index (χ2n) is 7.15. The van der Waals surface area contributed by atoms with Crippen LogP contribution in [0.5, 0.6) is 0 Å². The van der Waals surface area contributed by atoms with E-state index < -0.39 is 11.5 Å². The third-order valence-corrected chi connectivity index (χ3v) is 6.68. The van der Waals surface area contributed by atoms with Gasteiger partial charge in [0.15, 0.2) is 5.13 Å².